The summed E-state index contributed by atoms with van der Waals surface area (Å²) in [6.45, 7) is 6.85. The summed E-state index contributed by atoms with van der Waals surface area (Å²) in [5.41, 5.74) is 2.05. The number of nitrogens with zero attached hydrogens (tertiary/aromatic N) is 1. The van der Waals surface area contributed by atoms with Crippen molar-refractivity contribution in [1.29, 1.82) is 0 Å². The van der Waals surface area contributed by atoms with Crippen LogP contribution in [0.5, 0.6) is 0 Å². The van der Waals surface area contributed by atoms with Gasteiger partial charge >= 0.3 is 6.03 Å². The Morgan fingerprint density at radius 3 is 3.00 bits per heavy atom. The number of urea groups is 1. The molecular weight excluding hydrogens is 278 g/mol. The lowest BCUT2D eigenvalue weighted by Gasteiger charge is -2.33. The number of aryl methyl sites for hydroxylation is 1. The number of rotatable bonds is 3. The molecule has 0 aliphatic carbocycles. The molecule has 0 bridgehead atoms. The Balaban J connectivity index is 1.54. The molecule has 1 aromatic rings. The molecule has 0 unspecified atom stereocenters. The highest BCUT2D eigenvalue weighted by Crippen LogP contribution is 2.23. The summed E-state index contributed by atoms with van der Waals surface area (Å²) in [6, 6.07) is 8.48. The van der Waals surface area contributed by atoms with Crippen LogP contribution in [0.2, 0.25) is 0 Å². The third-order valence-corrected chi connectivity index (χ3v) is 4.57. The van der Waals surface area contributed by atoms with E-state index < -0.39 is 0 Å². The van der Waals surface area contributed by atoms with E-state index in [-0.39, 0.29) is 12.1 Å². The van der Waals surface area contributed by atoms with E-state index in [0.29, 0.717) is 12.1 Å². The number of ether oxygens (including phenoxy) is 1. The van der Waals surface area contributed by atoms with Gasteiger partial charge in [0, 0.05) is 30.9 Å². The quantitative estimate of drug-likeness (QED) is 0.900. The summed E-state index contributed by atoms with van der Waals surface area (Å²) >= 11 is 0. The number of morpholine rings is 1. The summed E-state index contributed by atoms with van der Waals surface area (Å²) in [5.74, 6) is 0. The largest absolute Gasteiger partial charge is 0.376 e. The van der Waals surface area contributed by atoms with E-state index in [0.717, 1.165) is 43.8 Å². The number of para-hydroxylation sites is 1. The lowest BCUT2D eigenvalue weighted by molar-refractivity contribution is -0.0390. The van der Waals surface area contributed by atoms with Crippen molar-refractivity contribution in [3.8, 4) is 0 Å². The van der Waals surface area contributed by atoms with E-state index in [1.165, 1.54) is 0 Å². The van der Waals surface area contributed by atoms with Gasteiger partial charge in [-0.1, -0.05) is 25.1 Å². The number of nitrogens with one attached hydrogen (secondary N) is 2. The van der Waals surface area contributed by atoms with Crippen LogP contribution in [0.1, 0.15) is 25.8 Å². The maximum Gasteiger partial charge on any atom is 0.319 e. The van der Waals surface area contributed by atoms with Gasteiger partial charge in [-0.05, 0) is 31.4 Å². The highest BCUT2D eigenvalue weighted by molar-refractivity contribution is 5.90. The first kappa shape index (κ1) is 15.3. The van der Waals surface area contributed by atoms with Gasteiger partial charge in [0.15, 0.2) is 0 Å². The first-order chi connectivity index (χ1) is 10.7. The van der Waals surface area contributed by atoms with Gasteiger partial charge in [0.1, 0.15) is 0 Å². The SMILES string of the molecule is CCc1ccccc1NC(=O)N[C@H]1C[C@H]2CO[C@@H](C)CN2C1. The number of fused-ring (bicyclic) bond motifs is 1. The average Bonchev–Trinajstić information content (AvgIpc) is 2.88. The minimum atomic E-state index is -0.111. The van der Waals surface area contributed by atoms with Crippen molar-refractivity contribution < 1.29 is 9.53 Å². The van der Waals surface area contributed by atoms with Crippen molar-refractivity contribution in [2.75, 3.05) is 25.0 Å². The molecule has 120 valence electrons. The van der Waals surface area contributed by atoms with E-state index >= 15 is 0 Å². The molecule has 3 atom stereocenters. The highest BCUT2D eigenvalue weighted by Gasteiger charge is 2.36. The van der Waals surface area contributed by atoms with Gasteiger partial charge in [-0.2, -0.15) is 0 Å². The molecule has 5 nitrogen and oxygen atoms in total. The number of hydrogen-bond acceptors (Lipinski definition) is 3. The lowest BCUT2D eigenvalue weighted by atomic mass is 10.1. The van der Waals surface area contributed by atoms with Gasteiger partial charge in [-0.15, -0.1) is 0 Å². The monoisotopic (exact) mass is 303 g/mol. The standard InChI is InChI=1S/C17H25N3O2/c1-3-13-6-4-5-7-16(13)19-17(21)18-14-8-15-11-22-12(2)9-20(15)10-14/h4-7,12,14-15H,3,8-11H2,1-2H3,(H2,18,19,21)/t12-,14-,15-/m0/s1. The fourth-order valence-electron chi connectivity index (χ4n) is 3.44. The molecule has 1 aromatic carbocycles. The fraction of sp³-hybridized carbons (Fsp3) is 0.588. The Hall–Kier alpha value is -1.59. The third kappa shape index (κ3) is 3.42. The summed E-state index contributed by atoms with van der Waals surface area (Å²) in [4.78, 5) is 14.7. The third-order valence-electron chi connectivity index (χ3n) is 4.57. The maximum absolute atomic E-state index is 12.2. The molecule has 2 heterocycles. The zero-order chi connectivity index (χ0) is 15.5. The second-order valence-electron chi connectivity index (χ2n) is 6.29. The van der Waals surface area contributed by atoms with Crippen LogP contribution in [0.3, 0.4) is 0 Å². The molecule has 2 amide bonds. The molecule has 0 saturated carbocycles. The van der Waals surface area contributed by atoms with Crippen LogP contribution >= 0.6 is 0 Å². The first-order valence-electron chi connectivity index (χ1n) is 8.16. The molecule has 0 aromatic heterocycles. The van der Waals surface area contributed by atoms with Crippen LogP contribution in [0.15, 0.2) is 24.3 Å². The van der Waals surface area contributed by atoms with E-state index in [9.17, 15) is 4.79 Å². The lowest BCUT2D eigenvalue weighted by Crippen LogP contribution is -2.45. The number of carbonyl (C=O) groups excluding carboxylic acids is 1. The van der Waals surface area contributed by atoms with Gasteiger partial charge < -0.3 is 15.4 Å². The molecule has 22 heavy (non-hydrogen) atoms. The van der Waals surface area contributed by atoms with Gasteiger partial charge in [0.05, 0.1) is 12.7 Å². The molecule has 2 fully saturated rings. The van der Waals surface area contributed by atoms with E-state index in [1.54, 1.807) is 0 Å². The molecule has 0 spiro atoms. The fourth-order valence-corrected chi connectivity index (χ4v) is 3.44. The Bertz CT molecular complexity index is 534. The Labute approximate surface area is 132 Å². The topological polar surface area (TPSA) is 53.6 Å². The molecule has 5 heteroatoms. The zero-order valence-electron chi connectivity index (χ0n) is 13.3. The van der Waals surface area contributed by atoms with E-state index in [2.05, 4.69) is 29.4 Å². The van der Waals surface area contributed by atoms with Gasteiger partial charge in [0.25, 0.3) is 0 Å². The zero-order valence-corrected chi connectivity index (χ0v) is 13.3. The Kier molecular flexibility index (Phi) is 4.64. The van der Waals surface area contributed by atoms with Crippen molar-refractivity contribution >= 4 is 11.7 Å². The van der Waals surface area contributed by atoms with E-state index in [4.69, 9.17) is 4.74 Å². The predicted molar refractivity (Wildman–Crippen MR) is 87.2 cm³/mol. The minimum absolute atomic E-state index is 0.111. The van der Waals surface area contributed by atoms with Gasteiger partial charge in [-0.25, -0.2) is 4.79 Å². The number of anilines is 1. The second kappa shape index (κ2) is 6.67. The number of amides is 2. The van der Waals surface area contributed by atoms with Crippen LogP contribution in [-0.2, 0) is 11.2 Å². The molecule has 3 rings (SSSR count). The summed E-state index contributed by atoms with van der Waals surface area (Å²) in [7, 11) is 0. The van der Waals surface area contributed by atoms with Crippen molar-refractivity contribution in [2.24, 2.45) is 0 Å². The first-order valence-corrected chi connectivity index (χ1v) is 8.16. The maximum atomic E-state index is 12.2. The van der Waals surface area contributed by atoms with Crippen LogP contribution in [0, 0.1) is 0 Å². The van der Waals surface area contributed by atoms with Crippen LogP contribution in [0.25, 0.3) is 0 Å². The molecule has 2 aliphatic heterocycles. The molecule has 0 radical (unpaired) electrons. The Morgan fingerprint density at radius 2 is 2.18 bits per heavy atom. The van der Waals surface area contributed by atoms with Gasteiger partial charge in [0.2, 0.25) is 0 Å². The van der Waals surface area contributed by atoms with Crippen LogP contribution in [0.4, 0.5) is 10.5 Å². The van der Waals surface area contributed by atoms with Crippen LogP contribution < -0.4 is 10.6 Å². The average molecular weight is 303 g/mol. The van der Waals surface area contributed by atoms with Crippen molar-refractivity contribution in [2.45, 2.75) is 44.9 Å². The van der Waals surface area contributed by atoms with Crippen molar-refractivity contribution in [3.05, 3.63) is 29.8 Å². The van der Waals surface area contributed by atoms with Gasteiger partial charge in [-0.3, -0.25) is 4.90 Å². The Morgan fingerprint density at radius 1 is 1.36 bits per heavy atom. The molecule has 2 N–H and O–H groups in total. The molecule has 2 aliphatic rings. The second-order valence-corrected chi connectivity index (χ2v) is 6.29. The predicted octanol–water partition coefficient (Wildman–Crippen LogP) is 2.23. The molecule has 2 saturated heterocycles. The summed E-state index contributed by atoms with van der Waals surface area (Å²) in [6.07, 6.45) is 2.17. The van der Waals surface area contributed by atoms with E-state index in [1.807, 2.05) is 24.3 Å². The molecular formula is C17H25N3O2. The van der Waals surface area contributed by atoms with Crippen molar-refractivity contribution in [1.82, 2.24) is 10.2 Å². The smallest absolute Gasteiger partial charge is 0.319 e. The normalized spacial score (nSPS) is 28.2. The highest BCUT2D eigenvalue weighted by atomic mass is 16.5. The number of carbonyl (C=O) groups is 1. The minimum Gasteiger partial charge on any atom is -0.376 e. The summed E-state index contributed by atoms with van der Waals surface area (Å²) in [5, 5.41) is 6.08. The number of benzene rings is 1. The number of hydrogen-bond donors (Lipinski definition) is 2. The van der Waals surface area contributed by atoms with Crippen LogP contribution in [-0.4, -0.2) is 48.8 Å². The summed E-state index contributed by atoms with van der Waals surface area (Å²) < 4.78 is 5.70. The van der Waals surface area contributed by atoms with Crippen molar-refractivity contribution in [3.63, 3.8) is 0 Å².